The number of hydrogen-bond donors (Lipinski definition) is 1. The normalized spacial score (nSPS) is 16.3. The van der Waals surface area contributed by atoms with Crippen molar-refractivity contribution in [1.82, 2.24) is 10.2 Å². The van der Waals surface area contributed by atoms with Crippen LogP contribution in [-0.4, -0.2) is 50.2 Å². The van der Waals surface area contributed by atoms with Crippen LogP contribution in [0, 0.1) is 6.92 Å². The van der Waals surface area contributed by atoms with Crippen LogP contribution in [0.25, 0.3) is 0 Å². The lowest BCUT2D eigenvalue weighted by Crippen LogP contribution is -2.45. The summed E-state index contributed by atoms with van der Waals surface area (Å²) in [4.78, 5) is 13.8. The number of benzene rings is 1. The third-order valence-corrected chi connectivity index (χ3v) is 3.30. The minimum absolute atomic E-state index is 0.116. The molecule has 1 fully saturated rings. The van der Waals surface area contributed by atoms with E-state index in [-0.39, 0.29) is 5.97 Å². The molecule has 1 aromatic carbocycles. The molecule has 0 aromatic heterocycles. The maximum absolute atomic E-state index is 11.7. The van der Waals surface area contributed by atoms with Gasteiger partial charge in [0, 0.05) is 32.6 Å². The Morgan fingerprint density at radius 2 is 2.16 bits per heavy atom. The highest BCUT2D eigenvalue weighted by Gasteiger charge is 2.14. The molecule has 1 aliphatic heterocycles. The predicted octanol–water partition coefficient (Wildman–Crippen LogP) is 0.986. The third kappa shape index (κ3) is 5.01. The molecule has 1 aliphatic rings. The van der Waals surface area contributed by atoms with Crippen LogP contribution < -0.4 is 5.32 Å². The molecule has 0 aliphatic carbocycles. The molecule has 0 radical (unpaired) electrons. The molecule has 1 N–H and O–H groups in total. The first-order valence-electron chi connectivity index (χ1n) is 6.88. The standard InChI is InChI=1S/C15H22N2O2/c1-13-3-2-4-14(11-13)5-10-19-15(18)12-17-8-6-16-7-9-17/h2-4,11,16H,5-10,12H2,1H3. The Balaban J connectivity index is 1.66. The molecule has 2 rings (SSSR count). The van der Waals surface area contributed by atoms with Gasteiger partial charge >= 0.3 is 5.97 Å². The van der Waals surface area contributed by atoms with Gasteiger partial charge < -0.3 is 10.1 Å². The Morgan fingerprint density at radius 3 is 2.89 bits per heavy atom. The van der Waals surface area contributed by atoms with E-state index in [0.29, 0.717) is 13.2 Å². The summed E-state index contributed by atoms with van der Waals surface area (Å²) < 4.78 is 5.29. The summed E-state index contributed by atoms with van der Waals surface area (Å²) >= 11 is 0. The number of esters is 1. The number of nitrogens with zero attached hydrogens (tertiary/aromatic N) is 1. The van der Waals surface area contributed by atoms with Crippen molar-refractivity contribution in [2.45, 2.75) is 13.3 Å². The Kier molecular flexibility index (Phi) is 5.36. The molecule has 0 amide bonds. The lowest BCUT2D eigenvalue weighted by Gasteiger charge is -2.25. The zero-order valence-electron chi connectivity index (χ0n) is 11.5. The van der Waals surface area contributed by atoms with Gasteiger partial charge in [-0.1, -0.05) is 29.8 Å². The van der Waals surface area contributed by atoms with Crippen LogP contribution >= 0.6 is 0 Å². The van der Waals surface area contributed by atoms with Gasteiger partial charge in [0.1, 0.15) is 0 Å². The maximum Gasteiger partial charge on any atom is 0.320 e. The third-order valence-electron chi connectivity index (χ3n) is 3.30. The second-order valence-corrected chi connectivity index (χ2v) is 4.99. The predicted molar refractivity (Wildman–Crippen MR) is 75.2 cm³/mol. The van der Waals surface area contributed by atoms with Gasteiger partial charge in [-0.25, -0.2) is 0 Å². The second-order valence-electron chi connectivity index (χ2n) is 4.99. The number of hydrogen-bond acceptors (Lipinski definition) is 4. The van der Waals surface area contributed by atoms with Gasteiger partial charge in [-0.3, -0.25) is 9.69 Å². The van der Waals surface area contributed by atoms with Crippen LogP contribution in [0.15, 0.2) is 24.3 Å². The zero-order valence-corrected chi connectivity index (χ0v) is 11.5. The average Bonchev–Trinajstić information content (AvgIpc) is 2.40. The van der Waals surface area contributed by atoms with Crippen molar-refractivity contribution in [2.75, 3.05) is 39.3 Å². The Morgan fingerprint density at radius 1 is 1.37 bits per heavy atom. The van der Waals surface area contributed by atoms with Crippen molar-refractivity contribution in [2.24, 2.45) is 0 Å². The molecular weight excluding hydrogens is 240 g/mol. The molecule has 0 spiro atoms. The zero-order chi connectivity index (χ0) is 13.5. The molecule has 4 nitrogen and oxygen atoms in total. The molecular formula is C15H22N2O2. The molecule has 0 saturated carbocycles. The minimum atomic E-state index is -0.116. The summed E-state index contributed by atoms with van der Waals surface area (Å²) in [7, 11) is 0. The van der Waals surface area contributed by atoms with E-state index < -0.39 is 0 Å². The smallest absolute Gasteiger partial charge is 0.320 e. The lowest BCUT2D eigenvalue weighted by atomic mass is 10.1. The van der Waals surface area contributed by atoms with Gasteiger partial charge in [0.05, 0.1) is 13.2 Å². The maximum atomic E-state index is 11.7. The summed E-state index contributed by atoms with van der Waals surface area (Å²) in [5.41, 5.74) is 2.46. The Bertz CT molecular complexity index is 414. The fraction of sp³-hybridized carbons (Fsp3) is 0.533. The van der Waals surface area contributed by atoms with E-state index in [4.69, 9.17) is 4.74 Å². The lowest BCUT2D eigenvalue weighted by molar-refractivity contribution is -0.145. The van der Waals surface area contributed by atoms with Crippen LogP contribution in [0.3, 0.4) is 0 Å². The summed E-state index contributed by atoms with van der Waals surface area (Å²) in [6, 6.07) is 8.30. The van der Waals surface area contributed by atoms with E-state index in [9.17, 15) is 4.79 Å². The molecule has 4 heteroatoms. The number of aryl methyl sites for hydroxylation is 1. The average molecular weight is 262 g/mol. The van der Waals surface area contributed by atoms with E-state index in [1.54, 1.807) is 0 Å². The quantitative estimate of drug-likeness (QED) is 0.803. The van der Waals surface area contributed by atoms with Crippen molar-refractivity contribution in [1.29, 1.82) is 0 Å². The van der Waals surface area contributed by atoms with Crippen molar-refractivity contribution in [3.05, 3.63) is 35.4 Å². The van der Waals surface area contributed by atoms with E-state index in [1.165, 1.54) is 11.1 Å². The van der Waals surface area contributed by atoms with Crippen molar-refractivity contribution < 1.29 is 9.53 Å². The van der Waals surface area contributed by atoms with Gasteiger partial charge in [0.2, 0.25) is 0 Å². The Hall–Kier alpha value is -1.39. The van der Waals surface area contributed by atoms with Gasteiger partial charge in [0.15, 0.2) is 0 Å². The number of piperazine rings is 1. The molecule has 0 bridgehead atoms. The summed E-state index contributed by atoms with van der Waals surface area (Å²) in [5, 5.41) is 3.26. The van der Waals surface area contributed by atoms with Gasteiger partial charge in [-0.05, 0) is 12.5 Å². The molecule has 1 saturated heterocycles. The van der Waals surface area contributed by atoms with E-state index >= 15 is 0 Å². The van der Waals surface area contributed by atoms with E-state index in [0.717, 1.165) is 32.6 Å². The summed E-state index contributed by atoms with van der Waals surface area (Å²) in [5.74, 6) is -0.116. The van der Waals surface area contributed by atoms with Gasteiger partial charge in [-0.2, -0.15) is 0 Å². The van der Waals surface area contributed by atoms with Crippen LogP contribution in [0.1, 0.15) is 11.1 Å². The van der Waals surface area contributed by atoms with Crippen LogP contribution in [-0.2, 0) is 16.0 Å². The fourth-order valence-corrected chi connectivity index (χ4v) is 2.25. The fourth-order valence-electron chi connectivity index (χ4n) is 2.25. The summed E-state index contributed by atoms with van der Waals surface area (Å²) in [6.07, 6.45) is 0.787. The van der Waals surface area contributed by atoms with Crippen LogP contribution in [0.2, 0.25) is 0 Å². The van der Waals surface area contributed by atoms with Crippen molar-refractivity contribution >= 4 is 5.97 Å². The van der Waals surface area contributed by atoms with Crippen molar-refractivity contribution in [3.63, 3.8) is 0 Å². The highest BCUT2D eigenvalue weighted by atomic mass is 16.5. The first kappa shape index (κ1) is 14.0. The topological polar surface area (TPSA) is 41.6 Å². The van der Waals surface area contributed by atoms with E-state index in [2.05, 4.69) is 35.3 Å². The molecule has 0 unspecified atom stereocenters. The van der Waals surface area contributed by atoms with Crippen molar-refractivity contribution in [3.8, 4) is 0 Å². The van der Waals surface area contributed by atoms with E-state index in [1.807, 2.05) is 6.07 Å². The first-order chi connectivity index (χ1) is 9.24. The highest BCUT2D eigenvalue weighted by Crippen LogP contribution is 2.05. The number of carbonyl (C=O) groups excluding carboxylic acids is 1. The number of rotatable bonds is 5. The van der Waals surface area contributed by atoms with Crippen LogP contribution in [0.4, 0.5) is 0 Å². The monoisotopic (exact) mass is 262 g/mol. The number of ether oxygens (including phenoxy) is 1. The van der Waals surface area contributed by atoms with Crippen LogP contribution in [0.5, 0.6) is 0 Å². The molecule has 19 heavy (non-hydrogen) atoms. The molecule has 1 aromatic rings. The minimum Gasteiger partial charge on any atom is -0.464 e. The van der Waals surface area contributed by atoms with Gasteiger partial charge in [-0.15, -0.1) is 0 Å². The first-order valence-corrected chi connectivity index (χ1v) is 6.88. The molecule has 104 valence electrons. The molecule has 0 atom stereocenters. The largest absolute Gasteiger partial charge is 0.464 e. The number of carbonyl (C=O) groups is 1. The SMILES string of the molecule is Cc1cccc(CCOC(=O)CN2CCNCC2)c1. The molecule has 1 heterocycles. The second kappa shape index (κ2) is 7.26. The Labute approximate surface area is 114 Å². The summed E-state index contributed by atoms with van der Waals surface area (Å²) in [6.45, 7) is 6.71. The highest BCUT2D eigenvalue weighted by molar-refractivity contribution is 5.71. The number of nitrogens with one attached hydrogen (secondary N) is 1. The van der Waals surface area contributed by atoms with Gasteiger partial charge in [0.25, 0.3) is 0 Å².